The van der Waals surface area contributed by atoms with E-state index in [2.05, 4.69) is 46.7 Å². The fraction of sp³-hybridized carbons (Fsp3) is 0.591. The number of anilines is 1. The van der Waals surface area contributed by atoms with Gasteiger partial charge in [-0.05, 0) is 50.0 Å². The van der Waals surface area contributed by atoms with Gasteiger partial charge in [0.05, 0.1) is 0 Å². The summed E-state index contributed by atoms with van der Waals surface area (Å²) in [7, 11) is 0. The SMILES string of the molecule is C[C@H](Nc1nnc(C2CC2(C)c2ccccc2)o1)C(=O)N1CCC2(CC1)CC2. The Balaban J connectivity index is 1.19. The minimum absolute atomic E-state index is 0.0546. The molecular weight excluding hydrogens is 352 g/mol. The number of likely N-dealkylation sites (tertiary alicyclic amines) is 1. The number of amides is 1. The van der Waals surface area contributed by atoms with Gasteiger partial charge in [0.25, 0.3) is 0 Å². The lowest BCUT2D eigenvalue weighted by atomic mass is 9.93. The van der Waals surface area contributed by atoms with Crippen molar-refractivity contribution in [3.05, 3.63) is 41.8 Å². The lowest BCUT2D eigenvalue weighted by Crippen LogP contribution is -2.45. The smallest absolute Gasteiger partial charge is 0.316 e. The first-order chi connectivity index (χ1) is 13.5. The lowest BCUT2D eigenvalue weighted by Gasteiger charge is -2.33. The molecule has 1 spiro atoms. The van der Waals surface area contributed by atoms with E-state index in [0.29, 0.717) is 17.3 Å². The summed E-state index contributed by atoms with van der Waals surface area (Å²) >= 11 is 0. The van der Waals surface area contributed by atoms with Crippen LogP contribution >= 0.6 is 0 Å². The summed E-state index contributed by atoms with van der Waals surface area (Å²) in [6.45, 7) is 5.85. The van der Waals surface area contributed by atoms with Gasteiger partial charge in [0.2, 0.25) is 11.8 Å². The number of carbonyl (C=O) groups excluding carboxylic acids is 1. The molecule has 2 aromatic rings. The Hall–Kier alpha value is -2.37. The normalized spacial score (nSPS) is 28.8. The van der Waals surface area contributed by atoms with Crippen molar-refractivity contribution in [2.45, 2.75) is 63.3 Å². The molecule has 3 fully saturated rings. The number of benzene rings is 1. The Kier molecular flexibility index (Phi) is 4.00. The van der Waals surface area contributed by atoms with E-state index in [0.717, 1.165) is 32.4 Å². The molecule has 1 N–H and O–H groups in total. The van der Waals surface area contributed by atoms with Gasteiger partial charge in [0, 0.05) is 24.4 Å². The zero-order valence-corrected chi connectivity index (χ0v) is 16.6. The topological polar surface area (TPSA) is 71.3 Å². The number of nitrogens with one attached hydrogen (secondary N) is 1. The molecule has 0 radical (unpaired) electrons. The third-order valence-electron chi connectivity index (χ3n) is 7.21. The maximum atomic E-state index is 12.7. The van der Waals surface area contributed by atoms with Gasteiger partial charge in [0.1, 0.15) is 6.04 Å². The number of hydrogen-bond donors (Lipinski definition) is 1. The molecule has 2 saturated carbocycles. The van der Waals surface area contributed by atoms with E-state index in [9.17, 15) is 4.79 Å². The van der Waals surface area contributed by atoms with E-state index in [-0.39, 0.29) is 23.3 Å². The van der Waals surface area contributed by atoms with E-state index in [1.54, 1.807) is 0 Å². The van der Waals surface area contributed by atoms with Crippen LogP contribution in [0.4, 0.5) is 6.01 Å². The number of hydrogen-bond acceptors (Lipinski definition) is 5. The second kappa shape index (κ2) is 6.33. The van der Waals surface area contributed by atoms with Crippen LogP contribution in [0.1, 0.15) is 63.3 Å². The average Bonchev–Trinajstić information content (AvgIpc) is 3.58. The van der Waals surface area contributed by atoms with Crippen molar-refractivity contribution < 1.29 is 9.21 Å². The van der Waals surface area contributed by atoms with Crippen molar-refractivity contribution in [1.82, 2.24) is 15.1 Å². The van der Waals surface area contributed by atoms with Crippen molar-refractivity contribution in [3.63, 3.8) is 0 Å². The number of piperidine rings is 1. The molecule has 0 bridgehead atoms. The Bertz CT molecular complexity index is 866. The van der Waals surface area contributed by atoms with Gasteiger partial charge in [-0.25, -0.2) is 0 Å². The van der Waals surface area contributed by atoms with Crippen molar-refractivity contribution in [1.29, 1.82) is 0 Å². The Morgan fingerprint density at radius 1 is 1.18 bits per heavy atom. The molecular formula is C22H28N4O2. The molecule has 2 heterocycles. The number of aromatic nitrogens is 2. The van der Waals surface area contributed by atoms with Crippen LogP contribution in [0, 0.1) is 5.41 Å². The highest BCUT2D eigenvalue weighted by atomic mass is 16.4. The van der Waals surface area contributed by atoms with Gasteiger partial charge in [-0.1, -0.05) is 42.4 Å². The quantitative estimate of drug-likeness (QED) is 0.856. The highest BCUT2D eigenvalue weighted by molar-refractivity contribution is 5.83. The van der Waals surface area contributed by atoms with Crippen LogP contribution in [0.15, 0.2) is 34.7 Å². The van der Waals surface area contributed by atoms with Crippen molar-refractivity contribution in [2.24, 2.45) is 5.41 Å². The summed E-state index contributed by atoms with van der Waals surface area (Å²) in [5, 5.41) is 11.5. The van der Waals surface area contributed by atoms with Crippen molar-refractivity contribution in [2.75, 3.05) is 18.4 Å². The molecule has 6 heteroatoms. The van der Waals surface area contributed by atoms with E-state index < -0.39 is 0 Å². The van der Waals surface area contributed by atoms with E-state index in [1.165, 1.54) is 18.4 Å². The molecule has 28 heavy (non-hydrogen) atoms. The second-order valence-corrected chi connectivity index (χ2v) is 9.18. The van der Waals surface area contributed by atoms with Crippen LogP contribution in [0.3, 0.4) is 0 Å². The Labute approximate surface area is 165 Å². The maximum Gasteiger partial charge on any atom is 0.316 e. The van der Waals surface area contributed by atoms with Gasteiger partial charge in [-0.2, -0.15) is 0 Å². The van der Waals surface area contributed by atoms with Crippen LogP contribution in [0.2, 0.25) is 0 Å². The Morgan fingerprint density at radius 3 is 2.57 bits per heavy atom. The average molecular weight is 380 g/mol. The van der Waals surface area contributed by atoms with E-state index in [1.807, 2.05) is 17.9 Å². The zero-order chi connectivity index (χ0) is 19.4. The van der Waals surface area contributed by atoms with Gasteiger partial charge in [-0.15, -0.1) is 5.10 Å². The van der Waals surface area contributed by atoms with Gasteiger partial charge in [-0.3, -0.25) is 4.79 Å². The molecule has 1 aromatic heterocycles. The minimum atomic E-state index is -0.360. The van der Waals surface area contributed by atoms with Gasteiger partial charge >= 0.3 is 6.01 Å². The molecule has 148 valence electrons. The first kappa shape index (κ1) is 17.7. The molecule has 5 rings (SSSR count). The predicted molar refractivity (Wildman–Crippen MR) is 106 cm³/mol. The van der Waals surface area contributed by atoms with E-state index >= 15 is 0 Å². The fourth-order valence-corrected chi connectivity index (χ4v) is 4.70. The molecule has 2 aliphatic carbocycles. The second-order valence-electron chi connectivity index (χ2n) is 9.18. The molecule has 1 aliphatic heterocycles. The third kappa shape index (κ3) is 3.09. The highest BCUT2D eigenvalue weighted by Gasteiger charge is 2.55. The molecule has 3 aliphatic rings. The number of rotatable bonds is 5. The molecule has 3 atom stereocenters. The monoisotopic (exact) mass is 380 g/mol. The minimum Gasteiger partial charge on any atom is -0.408 e. The van der Waals surface area contributed by atoms with Crippen LogP contribution < -0.4 is 5.32 Å². The maximum absolute atomic E-state index is 12.7. The van der Waals surface area contributed by atoms with Crippen molar-refractivity contribution in [3.8, 4) is 0 Å². The zero-order valence-electron chi connectivity index (χ0n) is 16.6. The summed E-state index contributed by atoms with van der Waals surface area (Å²) in [5.74, 6) is 1.01. The summed E-state index contributed by atoms with van der Waals surface area (Å²) in [6.07, 6.45) is 5.99. The van der Waals surface area contributed by atoms with Crippen LogP contribution in [-0.4, -0.2) is 40.1 Å². The highest BCUT2D eigenvalue weighted by Crippen LogP contribution is 2.59. The standard InChI is InChI=1S/C22H28N4O2/c1-15(19(27)26-12-10-22(8-9-22)11-13-26)23-20-25-24-18(28-20)17-14-21(17,2)16-6-4-3-5-7-16/h3-7,15,17H,8-14H2,1-2H3,(H,23,25)/t15-,17?,21?/m0/s1. The number of nitrogens with zero attached hydrogens (tertiary/aromatic N) is 3. The van der Waals surface area contributed by atoms with E-state index in [4.69, 9.17) is 4.42 Å². The summed E-state index contributed by atoms with van der Waals surface area (Å²) in [6, 6.07) is 10.5. The predicted octanol–water partition coefficient (Wildman–Crippen LogP) is 3.72. The summed E-state index contributed by atoms with van der Waals surface area (Å²) in [4.78, 5) is 14.7. The largest absolute Gasteiger partial charge is 0.408 e. The van der Waals surface area contributed by atoms with Crippen LogP contribution in [0.25, 0.3) is 0 Å². The molecule has 1 amide bonds. The first-order valence-corrected chi connectivity index (χ1v) is 10.4. The summed E-state index contributed by atoms with van der Waals surface area (Å²) < 4.78 is 5.87. The van der Waals surface area contributed by atoms with Crippen LogP contribution in [-0.2, 0) is 10.2 Å². The third-order valence-corrected chi connectivity index (χ3v) is 7.21. The molecule has 1 saturated heterocycles. The molecule has 1 aromatic carbocycles. The van der Waals surface area contributed by atoms with Crippen molar-refractivity contribution >= 4 is 11.9 Å². The first-order valence-electron chi connectivity index (χ1n) is 10.4. The molecule has 6 nitrogen and oxygen atoms in total. The van der Waals surface area contributed by atoms with Gasteiger partial charge in [0.15, 0.2) is 0 Å². The Morgan fingerprint density at radius 2 is 1.89 bits per heavy atom. The van der Waals surface area contributed by atoms with Gasteiger partial charge < -0.3 is 14.6 Å². The fourth-order valence-electron chi connectivity index (χ4n) is 4.70. The number of carbonyl (C=O) groups is 1. The lowest BCUT2D eigenvalue weighted by molar-refractivity contribution is -0.133. The summed E-state index contributed by atoms with van der Waals surface area (Å²) in [5.41, 5.74) is 1.93. The van der Waals surface area contributed by atoms with Crippen LogP contribution in [0.5, 0.6) is 0 Å². The molecule has 2 unspecified atom stereocenters.